The number of hydrogen-bond acceptors (Lipinski definition) is 4. The second kappa shape index (κ2) is 4.03. The number of nitrogens with zero attached hydrogens (tertiary/aromatic N) is 1. The Kier molecular flexibility index (Phi) is 2.53. The highest BCUT2D eigenvalue weighted by Crippen LogP contribution is 2.33. The highest BCUT2D eigenvalue weighted by molar-refractivity contribution is 7.13. The van der Waals surface area contributed by atoms with Crippen molar-refractivity contribution in [2.45, 2.75) is 19.3 Å². The molecule has 4 heteroatoms. The van der Waals surface area contributed by atoms with Crippen molar-refractivity contribution in [1.82, 2.24) is 4.98 Å². The van der Waals surface area contributed by atoms with Crippen LogP contribution in [0.15, 0.2) is 22.2 Å². The van der Waals surface area contributed by atoms with Gasteiger partial charge in [-0.15, -0.1) is 11.3 Å². The lowest BCUT2D eigenvalue weighted by Gasteiger charge is -2.18. The molecule has 0 aromatic carbocycles. The van der Waals surface area contributed by atoms with E-state index in [0.29, 0.717) is 5.92 Å². The molecule has 2 heterocycles. The summed E-state index contributed by atoms with van der Waals surface area (Å²) in [6, 6.07) is 2.12. The predicted octanol–water partition coefficient (Wildman–Crippen LogP) is 2.50. The lowest BCUT2D eigenvalue weighted by atomic mass is 9.89. The Morgan fingerprint density at radius 1 is 1.56 bits per heavy atom. The zero-order valence-electron chi connectivity index (χ0n) is 8.85. The molecule has 0 aliphatic heterocycles. The Hall–Kier alpha value is -1.13. The maximum atomic E-state index is 9.16. The van der Waals surface area contributed by atoms with E-state index in [9.17, 15) is 0 Å². The summed E-state index contributed by atoms with van der Waals surface area (Å²) in [5.41, 5.74) is 3.11. The third-order valence-corrected chi connectivity index (χ3v) is 3.91. The summed E-state index contributed by atoms with van der Waals surface area (Å²) in [4.78, 5) is 5.13. The first kappa shape index (κ1) is 10.1. The second-order valence-electron chi connectivity index (χ2n) is 4.22. The zero-order valence-corrected chi connectivity index (χ0v) is 9.67. The standard InChI is InChI=1S/C12H13NO2S/c14-6-8-1-2-9-4-11(15-10(9)3-8)12-5-13-7-16-12/h4-5,7-8,14H,1-3,6H2. The molecule has 1 unspecified atom stereocenters. The fraction of sp³-hybridized carbons (Fsp3) is 0.417. The number of furan rings is 1. The van der Waals surface area contributed by atoms with Crippen molar-refractivity contribution in [1.29, 1.82) is 0 Å². The Balaban J connectivity index is 1.92. The minimum atomic E-state index is 0.260. The summed E-state index contributed by atoms with van der Waals surface area (Å²) in [6.07, 6.45) is 4.77. The quantitative estimate of drug-likeness (QED) is 0.870. The molecule has 1 aliphatic rings. The number of thiazole rings is 1. The van der Waals surface area contributed by atoms with Gasteiger partial charge in [0.2, 0.25) is 0 Å². The molecule has 3 rings (SSSR count). The fourth-order valence-electron chi connectivity index (χ4n) is 2.19. The van der Waals surface area contributed by atoms with Crippen LogP contribution >= 0.6 is 11.3 Å². The van der Waals surface area contributed by atoms with E-state index in [1.807, 2.05) is 11.7 Å². The summed E-state index contributed by atoms with van der Waals surface area (Å²) in [7, 11) is 0. The van der Waals surface area contributed by atoms with E-state index in [1.54, 1.807) is 11.3 Å². The molecule has 16 heavy (non-hydrogen) atoms. The molecule has 0 bridgehead atoms. The van der Waals surface area contributed by atoms with Crippen LogP contribution in [0.4, 0.5) is 0 Å². The average molecular weight is 235 g/mol. The van der Waals surface area contributed by atoms with E-state index in [-0.39, 0.29) is 6.61 Å². The van der Waals surface area contributed by atoms with Crippen LogP contribution in [-0.2, 0) is 12.8 Å². The van der Waals surface area contributed by atoms with Crippen molar-refractivity contribution < 1.29 is 9.52 Å². The van der Waals surface area contributed by atoms with Crippen molar-refractivity contribution in [3.05, 3.63) is 29.1 Å². The molecule has 2 aromatic rings. The van der Waals surface area contributed by atoms with Gasteiger partial charge in [-0.2, -0.15) is 0 Å². The van der Waals surface area contributed by atoms with Gasteiger partial charge in [-0.25, -0.2) is 0 Å². The van der Waals surface area contributed by atoms with Gasteiger partial charge >= 0.3 is 0 Å². The zero-order chi connectivity index (χ0) is 11.0. The van der Waals surface area contributed by atoms with Gasteiger partial charge in [0.05, 0.1) is 10.4 Å². The molecule has 84 valence electrons. The van der Waals surface area contributed by atoms with Gasteiger partial charge in [-0.05, 0) is 30.4 Å². The van der Waals surface area contributed by atoms with Gasteiger partial charge in [-0.3, -0.25) is 4.98 Å². The van der Waals surface area contributed by atoms with Crippen molar-refractivity contribution >= 4 is 11.3 Å². The van der Waals surface area contributed by atoms with E-state index in [4.69, 9.17) is 9.52 Å². The van der Waals surface area contributed by atoms with Gasteiger partial charge in [0.25, 0.3) is 0 Å². The molecule has 3 nitrogen and oxygen atoms in total. The summed E-state index contributed by atoms with van der Waals surface area (Å²) in [5, 5.41) is 9.16. The highest BCUT2D eigenvalue weighted by Gasteiger charge is 2.22. The normalized spacial score (nSPS) is 19.7. The van der Waals surface area contributed by atoms with Gasteiger partial charge < -0.3 is 9.52 Å². The topological polar surface area (TPSA) is 46.3 Å². The van der Waals surface area contributed by atoms with Crippen LogP contribution in [0, 0.1) is 5.92 Å². The summed E-state index contributed by atoms with van der Waals surface area (Å²) in [6.45, 7) is 0.260. The van der Waals surface area contributed by atoms with E-state index < -0.39 is 0 Å². The minimum absolute atomic E-state index is 0.260. The molecular formula is C12H13NO2S. The molecule has 0 amide bonds. The monoisotopic (exact) mass is 235 g/mol. The minimum Gasteiger partial charge on any atom is -0.460 e. The van der Waals surface area contributed by atoms with Crippen LogP contribution in [0.3, 0.4) is 0 Å². The number of fused-ring (bicyclic) bond motifs is 1. The van der Waals surface area contributed by atoms with Gasteiger partial charge in [0.15, 0.2) is 0 Å². The Labute approximate surface area is 97.8 Å². The Bertz CT molecular complexity index is 475. The van der Waals surface area contributed by atoms with Crippen molar-refractivity contribution in [2.24, 2.45) is 5.92 Å². The molecule has 1 aliphatic carbocycles. The van der Waals surface area contributed by atoms with Crippen LogP contribution in [0.1, 0.15) is 17.7 Å². The smallest absolute Gasteiger partial charge is 0.146 e. The van der Waals surface area contributed by atoms with Crippen molar-refractivity contribution in [3.8, 4) is 10.6 Å². The van der Waals surface area contributed by atoms with E-state index >= 15 is 0 Å². The Morgan fingerprint density at radius 3 is 3.25 bits per heavy atom. The third kappa shape index (κ3) is 1.68. The maximum Gasteiger partial charge on any atom is 0.146 e. The molecule has 2 aromatic heterocycles. The number of aliphatic hydroxyl groups excluding tert-OH is 1. The molecule has 1 atom stereocenters. The number of hydrogen-bond donors (Lipinski definition) is 1. The molecular weight excluding hydrogens is 222 g/mol. The molecule has 0 fully saturated rings. The first-order valence-electron chi connectivity index (χ1n) is 5.48. The van der Waals surface area contributed by atoms with Gasteiger partial charge in [-0.1, -0.05) is 0 Å². The first-order chi connectivity index (χ1) is 7.86. The van der Waals surface area contributed by atoms with E-state index in [1.165, 1.54) is 5.56 Å². The summed E-state index contributed by atoms with van der Waals surface area (Å²) >= 11 is 1.59. The van der Waals surface area contributed by atoms with Crippen molar-refractivity contribution in [2.75, 3.05) is 6.61 Å². The largest absolute Gasteiger partial charge is 0.460 e. The summed E-state index contributed by atoms with van der Waals surface area (Å²) in [5.74, 6) is 2.34. The van der Waals surface area contributed by atoms with Gasteiger partial charge in [0.1, 0.15) is 11.5 Å². The highest BCUT2D eigenvalue weighted by atomic mass is 32.1. The maximum absolute atomic E-state index is 9.16. The molecule has 0 spiro atoms. The fourth-order valence-corrected chi connectivity index (χ4v) is 2.76. The third-order valence-electron chi connectivity index (χ3n) is 3.13. The van der Waals surface area contributed by atoms with Gasteiger partial charge in [0, 0.05) is 19.2 Å². The average Bonchev–Trinajstić information content (AvgIpc) is 2.96. The van der Waals surface area contributed by atoms with Crippen LogP contribution < -0.4 is 0 Å². The van der Waals surface area contributed by atoms with Crippen LogP contribution in [0.25, 0.3) is 10.6 Å². The molecule has 0 saturated heterocycles. The predicted molar refractivity (Wildman–Crippen MR) is 62.4 cm³/mol. The number of aliphatic hydroxyl groups is 1. The second-order valence-corrected chi connectivity index (χ2v) is 5.10. The lowest BCUT2D eigenvalue weighted by molar-refractivity contribution is 0.206. The lowest BCUT2D eigenvalue weighted by Crippen LogP contribution is -2.15. The number of rotatable bonds is 2. The Morgan fingerprint density at radius 2 is 2.50 bits per heavy atom. The molecule has 1 N–H and O–H groups in total. The molecule has 0 radical (unpaired) electrons. The number of aryl methyl sites for hydroxylation is 1. The van der Waals surface area contributed by atoms with Crippen LogP contribution in [0.2, 0.25) is 0 Å². The first-order valence-corrected chi connectivity index (χ1v) is 6.36. The SMILES string of the molecule is OCC1CCc2cc(-c3cncs3)oc2C1. The van der Waals surface area contributed by atoms with E-state index in [2.05, 4.69) is 11.1 Å². The van der Waals surface area contributed by atoms with Crippen LogP contribution in [-0.4, -0.2) is 16.7 Å². The summed E-state index contributed by atoms with van der Waals surface area (Å²) < 4.78 is 5.84. The van der Waals surface area contributed by atoms with Crippen molar-refractivity contribution in [3.63, 3.8) is 0 Å². The van der Waals surface area contributed by atoms with E-state index in [0.717, 1.165) is 35.7 Å². The van der Waals surface area contributed by atoms with Crippen LogP contribution in [0.5, 0.6) is 0 Å². The number of aromatic nitrogens is 1. The molecule has 0 saturated carbocycles.